The molecule has 0 saturated heterocycles. The molecule has 1 aromatic carbocycles. The van der Waals surface area contributed by atoms with Crippen LogP contribution in [0.3, 0.4) is 0 Å². The fraction of sp³-hybridized carbons (Fsp3) is 0.273. The number of aryl methyl sites for hydroxylation is 2. The van der Waals surface area contributed by atoms with Crippen molar-refractivity contribution in [3.05, 3.63) is 63.7 Å². The van der Waals surface area contributed by atoms with E-state index in [-0.39, 0.29) is 11.4 Å². The highest BCUT2D eigenvalue weighted by atomic mass is 32.1. The van der Waals surface area contributed by atoms with E-state index in [9.17, 15) is 14.4 Å². The first-order chi connectivity index (χ1) is 14.4. The topological polar surface area (TPSA) is 83.6 Å². The van der Waals surface area contributed by atoms with Crippen LogP contribution < -0.4 is 5.32 Å². The molecule has 0 aliphatic rings. The molecule has 0 saturated carbocycles. The van der Waals surface area contributed by atoms with Crippen molar-refractivity contribution in [2.75, 3.05) is 5.32 Å². The second-order valence-electron chi connectivity index (χ2n) is 6.87. The van der Waals surface area contributed by atoms with Crippen LogP contribution in [-0.2, 0) is 11.2 Å². The number of amides is 1. The van der Waals surface area contributed by atoms with Crippen LogP contribution in [0.2, 0.25) is 0 Å². The van der Waals surface area contributed by atoms with Crippen molar-refractivity contribution >= 4 is 28.5 Å². The van der Waals surface area contributed by atoms with Crippen LogP contribution in [0.4, 0.5) is 9.52 Å². The summed E-state index contributed by atoms with van der Waals surface area (Å²) in [6.45, 7) is 5.90. The van der Waals surface area contributed by atoms with Crippen molar-refractivity contribution < 1.29 is 9.18 Å². The molecule has 2 aromatic heterocycles. The lowest BCUT2D eigenvalue weighted by Gasteiger charge is -2.09. The Hall–Kier alpha value is -3.31. The molecule has 3 aromatic rings. The number of hydrogen-bond donors (Lipinski definition) is 1. The molecule has 0 aliphatic carbocycles. The van der Waals surface area contributed by atoms with Gasteiger partial charge in [-0.1, -0.05) is 24.7 Å². The van der Waals surface area contributed by atoms with Gasteiger partial charge in [0, 0.05) is 23.5 Å². The Morgan fingerprint density at radius 1 is 1.30 bits per heavy atom. The maximum atomic E-state index is 13.2. The lowest BCUT2D eigenvalue weighted by atomic mass is 10.1. The monoisotopic (exact) mass is 423 g/mol. The number of carbonyl (C=O) groups excluding carboxylic acids is 1. The third-order valence-electron chi connectivity index (χ3n) is 4.65. The molecule has 1 N–H and O–H groups in total. The molecule has 0 bridgehead atoms. The molecule has 0 fully saturated rings. The van der Waals surface area contributed by atoms with Gasteiger partial charge in [0.2, 0.25) is 5.13 Å². The van der Waals surface area contributed by atoms with Gasteiger partial charge in [-0.25, -0.2) is 4.39 Å². The highest BCUT2D eigenvalue weighted by Crippen LogP contribution is 2.24. The maximum Gasteiger partial charge on any atom is 0.268 e. The molecule has 8 heteroatoms. The second-order valence-corrected chi connectivity index (χ2v) is 7.93. The Morgan fingerprint density at radius 2 is 2.03 bits per heavy atom. The van der Waals surface area contributed by atoms with Crippen molar-refractivity contribution in [1.29, 1.82) is 5.26 Å². The number of nitriles is 1. The molecule has 3 rings (SSSR count). The number of halogens is 1. The van der Waals surface area contributed by atoms with E-state index in [0.717, 1.165) is 46.9 Å². The number of benzene rings is 1. The van der Waals surface area contributed by atoms with E-state index >= 15 is 0 Å². The molecule has 154 valence electrons. The third-order valence-corrected chi connectivity index (χ3v) is 5.55. The van der Waals surface area contributed by atoms with E-state index in [1.807, 2.05) is 30.6 Å². The normalized spacial score (nSPS) is 11.4. The van der Waals surface area contributed by atoms with Gasteiger partial charge in [0.25, 0.3) is 5.91 Å². The quantitative estimate of drug-likeness (QED) is 0.429. The summed E-state index contributed by atoms with van der Waals surface area (Å²) in [7, 11) is 0. The maximum absolute atomic E-state index is 13.2. The predicted molar refractivity (Wildman–Crippen MR) is 116 cm³/mol. The van der Waals surface area contributed by atoms with Gasteiger partial charge in [-0.3, -0.25) is 10.1 Å². The molecule has 6 nitrogen and oxygen atoms in total. The zero-order valence-electron chi connectivity index (χ0n) is 17.1. The number of carbonyl (C=O) groups is 1. The summed E-state index contributed by atoms with van der Waals surface area (Å²) in [5, 5.41) is 21.5. The highest BCUT2D eigenvalue weighted by Gasteiger charge is 2.15. The lowest BCUT2D eigenvalue weighted by Crippen LogP contribution is -2.13. The van der Waals surface area contributed by atoms with Gasteiger partial charge in [0.05, 0.1) is 0 Å². The second kappa shape index (κ2) is 9.46. The van der Waals surface area contributed by atoms with E-state index < -0.39 is 5.91 Å². The van der Waals surface area contributed by atoms with Crippen LogP contribution in [-0.4, -0.2) is 20.7 Å². The van der Waals surface area contributed by atoms with Crippen LogP contribution in [0.5, 0.6) is 0 Å². The standard InChI is InChI=1S/C22H22FN5OS/c1-4-5-6-20-26-27-22(30-20)25-21(29)17(13-24)12-16-11-14(2)28(15(16)3)19-9-7-18(23)8-10-19/h7-12H,4-6H2,1-3H3,(H,25,27,29)/b17-12-. The molecule has 0 radical (unpaired) electrons. The fourth-order valence-electron chi connectivity index (χ4n) is 3.12. The van der Waals surface area contributed by atoms with Crippen molar-refractivity contribution in [3.8, 4) is 11.8 Å². The Labute approximate surface area is 178 Å². The Morgan fingerprint density at radius 3 is 2.70 bits per heavy atom. The van der Waals surface area contributed by atoms with Gasteiger partial charge in [0.15, 0.2) is 0 Å². The first kappa shape index (κ1) is 21.4. The summed E-state index contributed by atoms with van der Waals surface area (Å²) >= 11 is 1.32. The molecular formula is C22H22FN5OS. The largest absolute Gasteiger partial charge is 0.318 e. The number of aromatic nitrogens is 3. The summed E-state index contributed by atoms with van der Waals surface area (Å²) in [5.41, 5.74) is 3.27. The zero-order chi connectivity index (χ0) is 21.7. The van der Waals surface area contributed by atoms with Crippen molar-refractivity contribution in [1.82, 2.24) is 14.8 Å². The molecular weight excluding hydrogens is 401 g/mol. The number of nitrogens with one attached hydrogen (secondary N) is 1. The van der Waals surface area contributed by atoms with Gasteiger partial charge in [-0.05, 0) is 62.2 Å². The third kappa shape index (κ3) is 4.81. The molecule has 2 heterocycles. The van der Waals surface area contributed by atoms with E-state index in [1.54, 1.807) is 18.2 Å². The molecule has 30 heavy (non-hydrogen) atoms. The summed E-state index contributed by atoms with van der Waals surface area (Å²) in [4.78, 5) is 12.6. The summed E-state index contributed by atoms with van der Waals surface area (Å²) in [6, 6.07) is 10.0. The number of anilines is 1. The molecule has 1 amide bonds. The lowest BCUT2D eigenvalue weighted by molar-refractivity contribution is -0.112. The van der Waals surface area contributed by atoms with Crippen molar-refractivity contribution in [2.45, 2.75) is 40.0 Å². The Balaban J connectivity index is 1.83. The average molecular weight is 424 g/mol. The van der Waals surface area contributed by atoms with Crippen molar-refractivity contribution in [3.63, 3.8) is 0 Å². The van der Waals surface area contributed by atoms with Gasteiger partial charge in [0.1, 0.15) is 22.5 Å². The van der Waals surface area contributed by atoms with Crippen LogP contribution in [0.1, 0.15) is 41.7 Å². The first-order valence-electron chi connectivity index (χ1n) is 9.63. The minimum absolute atomic E-state index is 0.0281. The van der Waals surface area contributed by atoms with Gasteiger partial charge < -0.3 is 4.57 Å². The smallest absolute Gasteiger partial charge is 0.268 e. The number of unbranched alkanes of at least 4 members (excludes halogenated alkanes) is 1. The number of hydrogen-bond acceptors (Lipinski definition) is 5. The van der Waals surface area contributed by atoms with E-state index in [4.69, 9.17) is 0 Å². The molecule has 0 aliphatic heterocycles. The van der Waals surface area contributed by atoms with Crippen molar-refractivity contribution in [2.24, 2.45) is 0 Å². The van der Waals surface area contributed by atoms with Gasteiger partial charge >= 0.3 is 0 Å². The minimum atomic E-state index is -0.526. The number of rotatable bonds is 7. The van der Waals surface area contributed by atoms with E-state index in [2.05, 4.69) is 22.4 Å². The molecule has 0 atom stereocenters. The molecule has 0 spiro atoms. The van der Waals surface area contributed by atoms with E-state index in [0.29, 0.717) is 5.13 Å². The predicted octanol–water partition coefficient (Wildman–Crippen LogP) is 4.97. The fourth-order valence-corrected chi connectivity index (χ4v) is 3.90. The summed E-state index contributed by atoms with van der Waals surface area (Å²) in [5.74, 6) is -0.832. The Bertz CT molecular complexity index is 1120. The highest BCUT2D eigenvalue weighted by molar-refractivity contribution is 7.15. The van der Waals surface area contributed by atoms with Gasteiger partial charge in [-0.15, -0.1) is 10.2 Å². The van der Waals surface area contributed by atoms with Crippen LogP contribution in [0.15, 0.2) is 35.9 Å². The Kier molecular flexibility index (Phi) is 6.75. The van der Waals surface area contributed by atoms with Crippen LogP contribution >= 0.6 is 11.3 Å². The van der Waals surface area contributed by atoms with Crippen LogP contribution in [0, 0.1) is 31.0 Å². The average Bonchev–Trinajstić information content (AvgIpc) is 3.28. The molecule has 0 unspecified atom stereocenters. The van der Waals surface area contributed by atoms with Crippen LogP contribution in [0.25, 0.3) is 11.8 Å². The zero-order valence-corrected chi connectivity index (χ0v) is 17.9. The SMILES string of the molecule is CCCCc1nnc(NC(=O)/C(C#N)=C\c2cc(C)n(-c3ccc(F)cc3)c2C)s1. The summed E-state index contributed by atoms with van der Waals surface area (Å²) in [6.07, 6.45) is 4.44. The number of nitrogens with zero attached hydrogens (tertiary/aromatic N) is 4. The first-order valence-corrected chi connectivity index (χ1v) is 10.4. The summed E-state index contributed by atoms with van der Waals surface area (Å²) < 4.78 is 15.2. The minimum Gasteiger partial charge on any atom is -0.318 e. The van der Waals surface area contributed by atoms with Gasteiger partial charge in [-0.2, -0.15) is 5.26 Å². The van der Waals surface area contributed by atoms with E-state index in [1.165, 1.54) is 23.5 Å².